The lowest BCUT2D eigenvalue weighted by molar-refractivity contribution is -0.241. The molecule has 1 heterocycles. The second kappa shape index (κ2) is 1.95. The fraction of sp³-hybridized carbons (Fsp3) is 0.600. The first kappa shape index (κ1) is 7.01. The van der Waals surface area contributed by atoms with E-state index in [-0.39, 0.29) is 6.61 Å². The van der Waals surface area contributed by atoms with Gasteiger partial charge < -0.3 is 14.6 Å². The molecule has 1 saturated heterocycles. The highest BCUT2D eigenvalue weighted by molar-refractivity contribution is 6.30. The van der Waals surface area contributed by atoms with Crippen LogP contribution in [0.5, 0.6) is 0 Å². The maximum atomic E-state index is 10.4. The molecular formula is C5H6O5. The summed E-state index contributed by atoms with van der Waals surface area (Å²) in [6, 6.07) is 0. The summed E-state index contributed by atoms with van der Waals surface area (Å²) in [4.78, 5) is 20.6. The summed E-state index contributed by atoms with van der Waals surface area (Å²) in [6.07, 6.45) is 0. The minimum atomic E-state index is -1.66. The first-order valence-corrected chi connectivity index (χ1v) is 2.64. The SMILES string of the molecule is CC1(O)COC(=O)C(=O)O1. The van der Waals surface area contributed by atoms with Gasteiger partial charge in [0, 0.05) is 6.92 Å². The van der Waals surface area contributed by atoms with E-state index < -0.39 is 17.7 Å². The molecule has 0 bridgehead atoms. The van der Waals surface area contributed by atoms with Crippen molar-refractivity contribution in [3.8, 4) is 0 Å². The Kier molecular flexibility index (Phi) is 1.37. The Hall–Kier alpha value is -1.10. The van der Waals surface area contributed by atoms with E-state index in [0.29, 0.717) is 0 Å². The summed E-state index contributed by atoms with van der Waals surface area (Å²) in [5.41, 5.74) is 0. The fourth-order valence-corrected chi connectivity index (χ4v) is 0.529. The number of esters is 2. The molecule has 1 aliphatic rings. The Labute approximate surface area is 56.5 Å². The molecule has 0 saturated carbocycles. The predicted octanol–water partition coefficient (Wildman–Crippen LogP) is -1.21. The molecule has 0 spiro atoms. The quantitative estimate of drug-likeness (QED) is 0.343. The van der Waals surface area contributed by atoms with E-state index in [9.17, 15) is 9.59 Å². The molecule has 0 radical (unpaired) electrons. The first-order valence-electron chi connectivity index (χ1n) is 2.64. The number of ether oxygens (including phenoxy) is 2. The van der Waals surface area contributed by atoms with Gasteiger partial charge in [-0.3, -0.25) is 0 Å². The van der Waals surface area contributed by atoms with Crippen LogP contribution in [0.1, 0.15) is 6.92 Å². The van der Waals surface area contributed by atoms with Gasteiger partial charge in [-0.25, -0.2) is 9.59 Å². The van der Waals surface area contributed by atoms with Crippen molar-refractivity contribution in [2.24, 2.45) is 0 Å². The molecule has 5 nitrogen and oxygen atoms in total. The third-order valence-electron chi connectivity index (χ3n) is 0.950. The third-order valence-corrected chi connectivity index (χ3v) is 0.950. The van der Waals surface area contributed by atoms with Crippen LogP contribution >= 0.6 is 0 Å². The maximum Gasteiger partial charge on any atom is 0.420 e. The van der Waals surface area contributed by atoms with Gasteiger partial charge in [0.15, 0.2) is 6.61 Å². The van der Waals surface area contributed by atoms with Crippen molar-refractivity contribution in [1.29, 1.82) is 0 Å². The molecule has 1 rings (SSSR count). The molecule has 0 amide bonds. The fourth-order valence-electron chi connectivity index (χ4n) is 0.529. The van der Waals surface area contributed by atoms with Crippen molar-refractivity contribution in [3.05, 3.63) is 0 Å². The number of hydrogen-bond acceptors (Lipinski definition) is 5. The summed E-state index contributed by atoms with van der Waals surface area (Å²) in [5.74, 6) is -3.88. The van der Waals surface area contributed by atoms with Crippen molar-refractivity contribution < 1.29 is 24.2 Å². The predicted molar refractivity (Wildman–Crippen MR) is 27.7 cm³/mol. The summed E-state index contributed by atoms with van der Waals surface area (Å²) >= 11 is 0. The minimum Gasteiger partial charge on any atom is -0.450 e. The van der Waals surface area contributed by atoms with Crippen LogP contribution in [-0.4, -0.2) is 29.4 Å². The maximum absolute atomic E-state index is 10.4. The Morgan fingerprint density at radius 3 is 2.50 bits per heavy atom. The second-order valence-corrected chi connectivity index (χ2v) is 2.14. The van der Waals surface area contributed by atoms with E-state index in [1.807, 2.05) is 0 Å². The van der Waals surface area contributed by atoms with E-state index in [4.69, 9.17) is 5.11 Å². The van der Waals surface area contributed by atoms with Gasteiger partial charge in [0.2, 0.25) is 5.79 Å². The zero-order valence-corrected chi connectivity index (χ0v) is 5.29. The van der Waals surface area contributed by atoms with Gasteiger partial charge in [-0.2, -0.15) is 0 Å². The highest BCUT2D eigenvalue weighted by Crippen LogP contribution is 2.11. The van der Waals surface area contributed by atoms with Crippen LogP contribution in [0.3, 0.4) is 0 Å². The molecular weight excluding hydrogens is 140 g/mol. The molecule has 5 heteroatoms. The Bertz CT molecular complexity index is 182. The molecule has 0 aromatic rings. The highest BCUT2D eigenvalue weighted by atomic mass is 16.7. The van der Waals surface area contributed by atoms with Crippen molar-refractivity contribution in [2.45, 2.75) is 12.7 Å². The van der Waals surface area contributed by atoms with Crippen LogP contribution in [0.25, 0.3) is 0 Å². The lowest BCUT2D eigenvalue weighted by Crippen LogP contribution is -2.45. The summed E-state index contributed by atoms with van der Waals surface area (Å²) in [7, 11) is 0. The summed E-state index contributed by atoms with van der Waals surface area (Å²) < 4.78 is 8.47. The van der Waals surface area contributed by atoms with Crippen molar-refractivity contribution in [3.63, 3.8) is 0 Å². The molecule has 0 aromatic heterocycles. The van der Waals surface area contributed by atoms with E-state index in [1.165, 1.54) is 6.92 Å². The highest BCUT2D eigenvalue weighted by Gasteiger charge is 2.37. The van der Waals surface area contributed by atoms with Crippen LogP contribution in [-0.2, 0) is 19.1 Å². The van der Waals surface area contributed by atoms with E-state index >= 15 is 0 Å². The van der Waals surface area contributed by atoms with Crippen LogP contribution < -0.4 is 0 Å². The molecule has 1 fully saturated rings. The minimum absolute atomic E-state index is 0.308. The van der Waals surface area contributed by atoms with Crippen LogP contribution in [0.15, 0.2) is 0 Å². The molecule has 1 atom stereocenters. The molecule has 1 N–H and O–H groups in total. The first-order chi connectivity index (χ1) is 4.51. The lowest BCUT2D eigenvalue weighted by Gasteiger charge is -2.26. The van der Waals surface area contributed by atoms with Crippen LogP contribution in [0.2, 0.25) is 0 Å². The summed E-state index contributed by atoms with van der Waals surface area (Å²) in [5, 5.41) is 8.94. The molecule has 0 aromatic carbocycles. The second-order valence-electron chi connectivity index (χ2n) is 2.14. The van der Waals surface area contributed by atoms with Gasteiger partial charge in [-0.1, -0.05) is 0 Å². The zero-order valence-electron chi connectivity index (χ0n) is 5.29. The van der Waals surface area contributed by atoms with Gasteiger partial charge in [0.25, 0.3) is 0 Å². The molecule has 56 valence electrons. The topological polar surface area (TPSA) is 72.8 Å². The number of cyclic esters (lactones) is 2. The Balaban J connectivity index is 2.66. The standard InChI is InChI=1S/C5H6O5/c1-5(8)2-9-3(6)4(7)10-5/h8H,2H2,1H3. The average Bonchev–Trinajstić information content (AvgIpc) is 1.79. The molecule has 1 aliphatic heterocycles. The van der Waals surface area contributed by atoms with E-state index in [2.05, 4.69) is 9.47 Å². The van der Waals surface area contributed by atoms with Crippen molar-refractivity contribution in [1.82, 2.24) is 0 Å². The molecule has 1 unspecified atom stereocenters. The van der Waals surface area contributed by atoms with Gasteiger partial charge in [-0.15, -0.1) is 0 Å². The third kappa shape index (κ3) is 1.24. The monoisotopic (exact) mass is 146 g/mol. The van der Waals surface area contributed by atoms with Gasteiger partial charge in [-0.05, 0) is 0 Å². The lowest BCUT2D eigenvalue weighted by atomic mass is 10.3. The van der Waals surface area contributed by atoms with Gasteiger partial charge in [0.05, 0.1) is 0 Å². The van der Waals surface area contributed by atoms with E-state index in [1.54, 1.807) is 0 Å². The smallest absolute Gasteiger partial charge is 0.420 e. The van der Waals surface area contributed by atoms with Gasteiger partial charge >= 0.3 is 11.9 Å². The normalized spacial score (nSPS) is 33.0. The number of hydrogen-bond donors (Lipinski definition) is 1. The van der Waals surface area contributed by atoms with Crippen molar-refractivity contribution >= 4 is 11.9 Å². The Morgan fingerprint density at radius 1 is 1.50 bits per heavy atom. The average molecular weight is 146 g/mol. The van der Waals surface area contributed by atoms with Gasteiger partial charge in [0.1, 0.15) is 0 Å². The van der Waals surface area contributed by atoms with Crippen LogP contribution in [0.4, 0.5) is 0 Å². The number of rotatable bonds is 0. The number of carbonyl (C=O) groups excluding carboxylic acids is 2. The van der Waals surface area contributed by atoms with Crippen molar-refractivity contribution in [2.75, 3.05) is 6.61 Å². The number of carbonyl (C=O) groups is 2. The number of aliphatic hydroxyl groups is 1. The van der Waals surface area contributed by atoms with E-state index in [0.717, 1.165) is 0 Å². The van der Waals surface area contributed by atoms with Crippen LogP contribution in [0, 0.1) is 0 Å². The largest absolute Gasteiger partial charge is 0.450 e. The zero-order chi connectivity index (χ0) is 7.78. The Morgan fingerprint density at radius 2 is 2.10 bits per heavy atom. The molecule has 10 heavy (non-hydrogen) atoms. The summed E-state index contributed by atoms with van der Waals surface area (Å²) in [6.45, 7) is 0.926. The molecule has 0 aliphatic carbocycles.